The van der Waals surface area contributed by atoms with E-state index in [1.807, 2.05) is 10.6 Å². The van der Waals surface area contributed by atoms with E-state index in [2.05, 4.69) is 10.3 Å². The maximum atomic E-state index is 15.2. The maximum Gasteiger partial charge on any atom is 0.272 e. The molecule has 0 aliphatic carbocycles. The second-order valence-corrected chi connectivity index (χ2v) is 15.0. The molecule has 2 aromatic carbocycles. The van der Waals surface area contributed by atoms with Crippen LogP contribution in [-0.4, -0.2) is 79.7 Å². The van der Waals surface area contributed by atoms with E-state index in [0.717, 1.165) is 16.1 Å². The monoisotopic (exact) mass is 718 g/mol. The summed E-state index contributed by atoms with van der Waals surface area (Å²) >= 11 is 0. The number of fused-ring (bicyclic) bond motifs is 6. The summed E-state index contributed by atoms with van der Waals surface area (Å²) in [6, 6.07) is 16.6. The van der Waals surface area contributed by atoms with Gasteiger partial charge in [0.05, 0.1) is 58.9 Å². The first-order valence-corrected chi connectivity index (χ1v) is 17.9. The Morgan fingerprint density at radius 1 is 1.04 bits per heavy atom. The predicted octanol–water partition coefficient (Wildman–Crippen LogP) is 6.26. The molecule has 6 aromatic rings. The Balaban J connectivity index is 1.33. The van der Waals surface area contributed by atoms with E-state index in [1.165, 1.54) is 44.4 Å². The van der Waals surface area contributed by atoms with Crippen molar-refractivity contribution in [2.75, 3.05) is 44.3 Å². The van der Waals surface area contributed by atoms with E-state index in [9.17, 15) is 26.4 Å². The zero-order valence-corrected chi connectivity index (χ0v) is 28.4. The first-order chi connectivity index (χ1) is 24.2. The number of hydrogen-bond acceptors (Lipinski definition) is 7. The molecule has 1 saturated heterocycles. The summed E-state index contributed by atoms with van der Waals surface area (Å²) in [7, 11) is -1.09. The highest BCUT2D eigenvalue weighted by molar-refractivity contribution is 7.92. The van der Waals surface area contributed by atoms with Gasteiger partial charge in [-0.2, -0.15) is 4.98 Å². The van der Waals surface area contributed by atoms with E-state index < -0.39 is 33.5 Å². The van der Waals surface area contributed by atoms with Crippen molar-refractivity contribution in [3.8, 4) is 34.0 Å². The number of carbonyl (C=O) groups excluding carboxylic acids is 1. The number of halogens is 4. The van der Waals surface area contributed by atoms with Gasteiger partial charge in [-0.05, 0) is 66.6 Å². The molecule has 4 aromatic heterocycles. The third-order valence-electron chi connectivity index (χ3n) is 9.55. The SMILES string of the molecule is CNC(=O)c1c(-c2ccc(F)cc2)oc2nc(N(C)S(C)(=O)=O)c(-c3ccc4c(n3)-c3cc5c(F)cccc5n3C(CN3CC(F)(F)C3)C4)cc12. The average Bonchev–Trinajstić information content (AvgIpc) is 3.66. The Labute approximate surface area is 289 Å². The summed E-state index contributed by atoms with van der Waals surface area (Å²) in [5.41, 5.74) is 3.52. The van der Waals surface area contributed by atoms with Crippen LogP contribution in [0.3, 0.4) is 0 Å². The van der Waals surface area contributed by atoms with Crippen LogP contribution in [0, 0.1) is 11.6 Å². The average molecular weight is 719 g/mol. The van der Waals surface area contributed by atoms with E-state index in [-0.39, 0.29) is 52.9 Å². The summed E-state index contributed by atoms with van der Waals surface area (Å²) in [6.45, 7) is -0.373. The lowest BCUT2D eigenvalue weighted by atomic mass is 9.95. The molecule has 0 bridgehead atoms. The molecule has 6 heterocycles. The van der Waals surface area contributed by atoms with Crippen molar-refractivity contribution in [1.29, 1.82) is 0 Å². The lowest BCUT2D eigenvalue weighted by molar-refractivity contribution is -0.133. The number of hydrogen-bond donors (Lipinski definition) is 1. The topological polar surface area (TPSA) is 114 Å². The van der Waals surface area contributed by atoms with Crippen molar-refractivity contribution in [2.24, 2.45) is 0 Å². The highest BCUT2D eigenvalue weighted by Gasteiger charge is 2.45. The number of nitrogens with zero attached hydrogens (tertiary/aromatic N) is 5. The standard InChI is InChI=1S/C36H30F4N6O4S/c1-41-34(47)30-25-14-24(33(44(2)51(3,48)49)43-35(25)50-32(30)19-7-10-21(37)11-8-19)27-12-9-20-13-22(16-45-17-36(39,40)18-45)46-28-6-4-5-26(38)23(28)15-29(46)31(20)42-27/h4-12,14-15,22H,13,16-18H2,1-3H3,(H,41,47). The van der Waals surface area contributed by atoms with E-state index in [4.69, 9.17) is 9.40 Å². The fourth-order valence-corrected chi connectivity index (χ4v) is 7.55. The van der Waals surface area contributed by atoms with Crippen molar-refractivity contribution in [3.63, 3.8) is 0 Å². The van der Waals surface area contributed by atoms with Crippen molar-refractivity contribution >= 4 is 43.8 Å². The minimum Gasteiger partial charge on any atom is -0.437 e. The van der Waals surface area contributed by atoms with Crippen LogP contribution in [0.5, 0.6) is 0 Å². The van der Waals surface area contributed by atoms with Gasteiger partial charge in [0, 0.05) is 37.2 Å². The van der Waals surface area contributed by atoms with Crippen LogP contribution in [0.15, 0.2) is 71.1 Å². The molecule has 0 saturated carbocycles. The molecular weight excluding hydrogens is 688 g/mol. The van der Waals surface area contributed by atoms with E-state index >= 15 is 4.39 Å². The Morgan fingerprint density at radius 2 is 1.78 bits per heavy atom. The van der Waals surface area contributed by atoms with Gasteiger partial charge in [0.25, 0.3) is 11.8 Å². The predicted molar refractivity (Wildman–Crippen MR) is 184 cm³/mol. The van der Waals surface area contributed by atoms with Crippen LogP contribution in [0.4, 0.5) is 23.4 Å². The quantitative estimate of drug-likeness (QED) is 0.194. The number of pyridine rings is 2. The van der Waals surface area contributed by atoms with Gasteiger partial charge in [-0.15, -0.1) is 0 Å². The molecular formula is C36H30F4N6O4S. The molecule has 1 fully saturated rings. The summed E-state index contributed by atoms with van der Waals surface area (Å²) < 4.78 is 91.3. The third kappa shape index (κ3) is 5.51. The van der Waals surface area contributed by atoms with Crippen LogP contribution >= 0.6 is 0 Å². The molecule has 0 spiro atoms. The lowest BCUT2D eigenvalue weighted by Crippen LogP contribution is -2.57. The molecule has 1 N–H and O–H groups in total. The van der Waals surface area contributed by atoms with Gasteiger partial charge >= 0.3 is 0 Å². The van der Waals surface area contributed by atoms with Gasteiger partial charge in [0.1, 0.15) is 17.4 Å². The number of nitrogens with one attached hydrogen (secondary N) is 1. The normalized spacial score (nSPS) is 16.9. The second kappa shape index (κ2) is 11.6. The molecule has 15 heteroatoms. The summed E-state index contributed by atoms with van der Waals surface area (Å²) in [5, 5.41) is 3.22. The van der Waals surface area contributed by atoms with Crippen LogP contribution in [0.2, 0.25) is 0 Å². The van der Waals surface area contributed by atoms with Crippen molar-refractivity contribution in [1.82, 2.24) is 24.8 Å². The van der Waals surface area contributed by atoms with Gasteiger partial charge in [-0.25, -0.2) is 31.0 Å². The van der Waals surface area contributed by atoms with E-state index in [0.29, 0.717) is 46.5 Å². The zero-order chi connectivity index (χ0) is 36.0. The van der Waals surface area contributed by atoms with Gasteiger partial charge in [0.2, 0.25) is 15.7 Å². The molecule has 8 rings (SSSR count). The van der Waals surface area contributed by atoms with E-state index in [1.54, 1.807) is 35.2 Å². The van der Waals surface area contributed by atoms with Crippen LogP contribution in [-0.2, 0) is 16.4 Å². The summed E-state index contributed by atoms with van der Waals surface area (Å²) in [5.74, 6) is -4.10. The molecule has 1 atom stereocenters. The highest BCUT2D eigenvalue weighted by atomic mass is 32.2. The van der Waals surface area contributed by atoms with Crippen molar-refractivity contribution in [3.05, 3.63) is 89.5 Å². The minimum atomic E-state index is -3.87. The Kier molecular flexibility index (Phi) is 7.50. The third-order valence-corrected chi connectivity index (χ3v) is 10.7. The smallest absolute Gasteiger partial charge is 0.272 e. The second-order valence-electron chi connectivity index (χ2n) is 13.0. The van der Waals surface area contributed by atoms with Gasteiger partial charge < -0.3 is 14.3 Å². The minimum absolute atomic E-state index is 0.0284. The molecule has 2 aliphatic heterocycles. The first kappa shape index (κ1) is 32.9. The zero-order valence-electron chi connectivity index (χ0n) is 27.5. The fourth-order valence-electron chi connectivity index (χ4n) is 7.10. The Hall–Kier alpha value is -5.28. The largest absolute Gasteiger partial charge is 0.437 e. The Bertz CT molecular complexity index is 2510. The van der Waals surface area contributed by atoms with Gasteiger partial charge in [-0.3, -0.25) is 14.0 Å². The molecule has 10 nitrogen and oxygen atoms in total. The number of amides is 1. The summed E-state index contributed by atoms with van der Waals surface area (Å²) in [6.07, 6.45) is 1.45. The highest BCUT2D eigenvalue weighted by Crippen LogP contribution is 2.44. The molecule has 51 heavy (non-hydrogen) atoms. The van der Waals surface area contributed by atoms with Crippen LogP contribution in [0.1, 0.15) is 22.0 Å². The van der Waals surface area contributed by atoms with Crippen molar-refractivity contribution < 1.29 is 35.2 Å². The lowest BCUT2D eigenvalue weighted by Gasteiger charge is -2.42. The number of likely N-dealkylation sites (tertiary alicyclic amines) is 1. The molecule has 2 aliphatic rings. The molecule has 1 unspecified atom stereocenters. The van der Waals surface area contributed by atoms with Crippen LogP contribution in [0.25, 0.3) is 56.0 Å². The number of benzene rings is 2. The number of aromatic nitrogens is 3. The number of alkyl halides is 2. The van der Waals surface area contributed by atoms with Crippen molar-refractivity contribution in [2.45, 2.75) is 18.4 Å². The molecule has 1 amide bonds. The maximum absolute atomic E-state index is 15.2. The Morgan fingerprint density at radius 3 is 2.47 bits per heavy atom. The number of carbonyl (C=O) groups is 1. The first-order valence-electron chi connectivity index (χ1n) is 16.0. The number of rotatable bonds is 7. The molecule has 262 valence electrons. The number of furan rings is 1. The van der Waals surface area contributed by atoms with Gasteiger partial charge in [-0.1, -0.05) is 12.1 Å². The van der Waals surface area contributed by atoms with Gasteiger partial charge in [0.15, 0.2) is 5.82 Å². The number of anilines is 1. The number of sulfonamides is 1. The van der Waals surface area contributed by atoms with Crippen LogP contribution < -0.4 is 9.62 Å². The summed E-state index contributed by atoms with van der Waals surface area (Å²) in [4.78, 5) is 24.6. The fraction of sp³-hybridized carbons (Fsp3) is 0.250. The molecule has 0 radical (unpaired) electrons.